The fourth-order valence-electron chi connectivity index (χ4n) is 2.80. The van der Waals surface area contributed by atoms with E-state index in [4.69, 9.17) is 0 Å². The van der Waals surface area contributed by atoms with Gasteiger partial charge in [0.05, 0.1) is 0 Å². The molecule has 1 unspecified atom stereocenters. The summed E-state index contributed by atoms with van der Waals surface area (Å²) in [5, 5.41) is 3.26. The fourth-order valence-corrected chi connectivity index (χ4v) is 2.80. The molecule has 1 amide bonds. The van der Waals surface area contributed by atoms with E-state index in [2.05, 4.69) is 10.2 Å². The van der Waals surface area contributed by atoms with Gasteiger partial charge in [-0.15, -0.1) is 0 Å². The molecule has 1 saturated carbocycles. The highest BCUT2D eigenvalue weighted by Gasteiger charge is 2.30. The molecule has 1 saturated heterocycles. The highest BCUT2D eigenvalue weighted by Crippen LogP contribution is 2.26. The molecule has 1 aliphatic carbocycles. The molecule has 0 aromatic heterocycles. The van der Waals surface area contributed by atoms with Crippen LogP contribution in [0.5, 0.6) is 0 Å². The van der Waals surface area contributed by atoms with Crippen LogP contribution in [0.2, 0.25) is 0 Å². The van der Waals surface area contributed by atoms with Gasteiger partial charge in [0.25, 0.3) is 0 Å². The van der Waals surface area contributed by atoms with Crippen LogP contribution in [-0.4, -0.2) is 37.0 Å². The lowest BCUT2D eigenvalue weighted by Gasteiger charge is -2.26. The Balaban J connectivity index is 1.85. The van der Waals surface area contributed by atoms with Crippen molar-refractivity contribution in [2.45, 2.75) is 44.6 Å². The SMILES string of the molecule is CNC1CCN(C(=O)C2CCCCC2)C1. The van der Waals surface area contributed by atoms with E-state index in [9.17, 15) is 4.79 Å². The number of likely N-dealkylation sites (N-methyl/N-ethyl adjacent to an activating group) is 1. The Morgan fingerprint density at radius 1 is 1.20 bits per heavy atom. The van der Waals surface area contributed by atoms with Gasteiger partial charge in [0.2, 0.25) is 5.91 Å². The first kappa shape index (κ1) is 10.9. The first-order valence-electron chi connectivity index (χ1n) is 6.27. The quantitative estimate of drug-likeness (QED) is 0.747. The predicted molar refractivity (Wildman–Crippen MR) is 60.6 cm³/mol. The molecular formula is C12H22N2O. The third kappa shape index (κ3) is 2.51. The number of carbonyl (C=O) groups excluding carboxylic acids is 1. The number of amides is 1. The molecule has 0 bridgehead atoms. The van der Waals surface area contributed by atoms with Gasteiger partial charge in [0.15, 0.2) is 0 Å². The van der Waals surface area contributed by atoms with Gasteiger partial charge in [-0.25, -0.2) is 0 Å². The van der Waals surface area contributed by atoms with Crippen molar-refractivity contribution in [2.24, 2.45) is 5.92 Å². The molecule has 1 heterocycles. The van der Waals surface area contributed by atoms with Crippen LogP contribution in [0.3, 0.4) is 0 Å². The second-order valence-corrected chi connectivity index (χ2v) is 4.89. The van der Waals surface area contributed by atoms with Crippen LogP contribution < -0.4 is 5.32 Å². The van der Waals surface area contributed by atoms with Crippen LogP contribution in [0.25, 0.3) is 0 Å². The lowest BCUT2D eigenvalue weighted by molar-refractivity contribution is -0.135. The molecule has 0 radical (unpaired) electrons. The summed E-state index contributed by atoms with van der Waals surface area (Å²) in [6.07, 6.45) is 7.19. The maximum absolute atomic E-state index is 12.2. The zero-order valence-electron chi connectivity index (χ0n) is 9.67. The second-order valence-electron chi connectivity index (χ2n) is 4.89. The minimum atomic E-state index is 0.342. The third-order valence-electron chi connectivity index (χ3n) is 3.86. The van der Waals surface area contributed by atoms with E-state index in [0.29, 0.717) is 17.9 Å². The van der Waals surface area contributed by atoms with Gasteiger partial charge < -0.3 is 10.2 Å². The van der Waals surface area contributed by atoms with E-state index in [1.165, 1.54) is 19.3 Å². The monoisotopic (exact) mass is 210 g/mol. The van der Waals surface area contributed by atoms with Crippen LogP contribution >= 0.6 is 0 Å². The van der Waals surface area contributed by atoms with Crippen molar-refractivity contribution in [1.82, 2.24) is 10.2 Å². The maximum Gasteiger partial charge on any atom is 0.225 e. The smallest absolute Gasteiger partial charge is 0.225 e. The molecule has 0 aromatic carbocycles. The van der Waals surface area contributed by atoms with E-state index >= 15 is 0 Å². The van der Waals surface area contributed by atoms with Gasteiger partial charge in [-0.2, -0.15) is 0 Å². The van der Waals surface area contributed by atoms with Crippen LogP contribution in [0.4, 0.5) is 0 Å². The average molecular weight is 210 g/mol. The number of carbonyl (C=O) groups is 1. The zero-order valence-corrected chi connectivity index (χ0v) is 9.67. The summed E-state index contributed by atoms with van der Waals surface area (Å²) in [6, 6.07) is 0.526. The molecule has 3 nitrogen and oxygen atoms in total. The summed E-state index contributed by atoms with van der Waals surface area (Å²) in [4.78, 5) is 14.2. The normalized spacial score (nSPS) is 28.3. The molecule has 86 valence electrons. The molecule has 1 N–H and O–H groups in total. The van der Waals surface area contributed by atoms with Crippen molar-refractivity contribution < 1.29 is 4.79 Å². The first-order valence-corrected chi connectivity index (χ1v) is 6.27. The molecule has 2 fully saturated rings. The molecule has 0 aromatic rings. The number of hydrogen-bond donors (Lipinski definition) is 1. The molecule has 2 aliphatic rings. The Morgan fingerprint density at radius 3 is 2.53 bits per heavy atom. The minimum Gasteiger partial charge on any atom is -0.341 e. The molecule has 1 aliphatic heterocycles. The number of likely N-dealkylation sites (tertiary alicyclic amines) is 1. The lowest BCUT2D eigenvalue weighted by atomic mass is 9.88. The molecule has 3 heteroatoms. The Bertz CT molecular complexity index is 224. The topological polar surface area (TPSA) is 32.3 Å². The fraction of sp³-hybridized carbons (Fsp3) is 0.917. The van der Waals surface area contributed by atoms with Gasteiger partial charge >= 0.3 is 0 Å². The van der Waals surface area contributed by atoms with E-state index in [-0.39, 0.29) is 0 Å². The average Bonchev–Trinajstić information content (AvgIpc) is 2.78. The first-order chi connectivity index (χ1) is 7.31. The third-order valence-corrected chi connectivity index (χ3v) is 3.86. The molecule has 1 atom stereocenters. The summed E-state index contributed by atoms with van der Waals surface area (Å²) in [5.74, 6) is 0.766. The Morgan fingerprint density at radius 2 is 1.93 bits per heavy atom. The Hall–Kier alpha value is -0.570. The van der Waals surface area contributed by atoms with E-state index < -0.39 is 0 Å². The van der Waals surface area contributed by atoms with Crippen LogP contribution in [0.15, 0.2) is 0 Å². The standard InChI is InChI=1S/C12H22N2O/c1-13-11-7-8-14(9-11)12(15)10-5-3-2-4-6-10/h10-11,13H,2-9H2,1H3. The molecule has 2 rings (SSSR count). The Labute approximate surface area is 92.2 Å². The Kier molecular flexibility index (Phi) is 3.62. The molecule has 0 spiro atoms. The second kappa shape index (κ2) is 4.97. The zero-order chi connectivity index (χ0) is 10.7. The summed E-state index contributed by atoms with van der Waals surface area (Å²) in [5.41, 5.74) is 0. The summed E-state index contributed by atoms with van der Waals surface area (Å²) < 4.78 is 0. The van der Waals surface area contributed by atoms with Gasteiger partial charge in [-0.1, -0.05) is 19.3 Å². The highest BCUT2D eigenvalue weighted by atomic mass is 16.2. The predicted octanol–water partition coefficient (Wildman–Crippen LogP) is 1.39. The number of hydrogen-bond acceptors (Lipinski definition) is 2. The number of rotatable bonds is 2. The van der Waals surface area contributed by atoms with Gasteiger partial charge in [0, 0.05) is 25.0 Å². The van der Waals surface area contributed by atoms with Gasteiger partial charge in [0.1, 0.15) is 0 Å². The van der Waals surface area contributed by atoms with Crippen molar-refractivity contribution in [3.63, 3.8) is 0 Å². The molecule has 15 heavy (non-hydrogen) atoms. The van der Waals surface area contributed by atoms with Crippen LogP contribution in [0, 0.1) is 5.92 Å². The molecular weight excluding hydrogens is 188 g/mol. The van der Waals surface area contributed by atoms with Gasteiger partial charge in [-0.05, 0) is 26.3 Å². The van der Waals surface area contributed by atoms with Crippen molar-refractivity contribution in [2.75, 3.05) is 20.1 Å². The summed E-state index contributed by atoms with van der Waals surface area (Å²) >= 11 is 0. The number of nitrogens with zero attached hydrogens (tertiary/aromatic N) is 1. The van der Waals surface area contributed by atoms with E-state index in [1.54, 1.807) is 0 Å². The van der Waals surface area contributed by atoms with E-state index in [0.717, 1.165) is 32.4 Å². The van der Waals surface area contributed by atoms with Gasteiger partial charge in [-0.3, -0.25) is 4.79 Å². The lowest BCUT2D eigenvalue weighted by Crippen LogP contribution is -2.37. The van der Waals surface area contributed by atoms with E-state index in [1.807, 2.05) is 7.05 Å². The largest absolute Gasteiger partial charge is 0.341 e. The van der Waals surface area contributed by atoms with Crippen molar-refractivity contribution in [1.29, 1.82) is 0 Å². The summed E-state index contributed by atoms with van der Waals surface area (Å²) in [7, 11) is 1.99. The highest BCUT2D eigenvalue weighted by molar-refractivity contribution is 5.79. The maximum atomic E-state index is 12.2. The van der Waals surface area contributed by atoms with Crippen molar-refractivity contribution in [3.8, 4) is 0 Å². The van der Waals surface area contributed by atoms with Crippen LogP contribution in [-0.2, 0) is 4.79 Å². The number of nitrogens with one attached hydrogen (secondary N) is 1. The summed E-state index contributed by atoms with van der Waals surface area (Å²) in [6.45, 7) is 1.88. The van der Waals surface area contributed by atoms with Crippen LogP contribution in [0.1, 0.15) is 38.5 Å². The van der Waals surface area contributed by atoms with Crippen molar-refractivity contribution >= 4 is 5.91 Å². The van der Waals surface area contributed by atoms with Crippen molar-refractivity contribution in [3.05, 3.63) is 0 Å². The minimum absolute atomic E-state index is 0.342.